The fourth-order valence-electron chi connectivity index (χ4n) is 2.62. The summed E-state index contributed by atoms with van der Waals surface area (Å²) in [6.07, 6.45) is 7.89. The molecule has 1 aliphatic heterocycles. The molecule has 0 atom stereocenters. The van der Waals surface area contributed by atoms with Gasteiger partial charge in [-0.1, -0.05) is 0 Å². The summed E-state index contributed by atoms with van der Waals surface area (Å²) in [5.74, 6) is -2.27. The number of carbonyl (C=O) groups is 2. The van der Waals surface area contributed by atoms with E-state index in [2.05, 4.69) is 20.3 Å². The van der Waals surface area contributed by atoms with Crippen LogP contribution in [0.1, 0.15) is 5.56 Å². The van der Waals surface area contributed by atoms with Gasteiger partial charge in [-0.25, -0.2) is 9.78 Å². The van der Waals surface area contributed by atoms with Crippen LogP contribution in [0.4, 0.5) is 5.69 Å². The van der Waals surface area contributed by atoms with Crippen LogP contribution in [0.2, 0.25) is 0 Å². The molecule has 0 saturated carbocycles. The van der Waals surface area contributed by atoms with Crippen molar-refractivity contribution in [1.29, 1.82) is 0 Å². The molecule has 0 spiro atoms. The van der Waals surface area contributed by atoms with Gasteiger partial charge in [0.05, 0.1) is 0 Å². The Morgan fingerprint density at radius 1 is 1.23 bits per heavy atom. The number of nitrogens with one attached hydrogen (secondary N) is 2. The maximum atomic E-state index is 12.5. The van der Waals surface area contributed by atoms with E-state index in [9.17, 15) is 14.7 Å². The maximum absolute atomic E-state index is 12.5. The van der Waals surface area contributed by atoms with Crippen LogP contribution in [0.5, 0.6) is 0 Å². The van der Waals surface area contributed by atoms with Crippen LogP contribution in [-0.2, 0) is 14.3 Å². The fraction of sp³-hybridized carbons (Fsp3) is 0. The lowest BCUT2D eigenvalue weighted by molar-refractivity contribution is -0.134. The van der Waals surface area contributed by atoms with Crippen molar-refractivity contribution in [3.05, 3.63) is 71.8 Å². The van der Waals surface area contributed by atoms with Crippen molar-refractivity contribution in [3.8, 4) is 0 Å². The van der Waals surface area contributed by atoms with Crippen molar-refractivity contribution in [2.45, 2.75) is 0 Å². The number of carboxylic acid groups (broad SMARTS) is 1. The molecule has 0 amide bonds. The molecule has 4 rings (SSSR count). The number of ether oxygens (including phenoxy) is 1. The molecule has 8 nitrogen and oxygen atoms in total. The number of rotatable bonds is 4. The second-order valence-electron chi connectivity index (χ2n) is 5.45. The number of ketones is 1. The number of nitrogens with zero attached hydrogens (tertiary/aromatic N) is 2. The van der Waals surface area contributed by atoms with Gasteiger partial charge in [0, 0.05) is 41.4 Å². The molecule has 0 bridgehead atoms. The van der Waals surface area contributed by atoms with Gasteiger partial charge in [-0.15, -0.1) is 0 Å². The molecule has 0 radical (unpaired) electrons. The summed E-state index contributed by atoms with van der Waals surface area (Å²) in [5.41, 5.74) is 1.43. The Morgan fingerprint density at radius 2 is 2.04 bits per heavy atom. The standard InChI is InChI=1S/C18H12N4O4/c23-15-13(8-10-9-21-16-12(10)2-1-5-20-16)26-17(14(15)18(24)25)22-11-3-6-19-7-4-11/h1-9H,(H,19,22)(H,20,21)(H,24,25). The molecule has 128 valence electrons. The minimum atomic E-state index is -1.37. The first kappa shape index (κ1) is 15.6. The van der Waals surface area contributed by atoms with Crippen LogP contribution < -0.4 is 5.32 Å². The number of aromatic amines is 1. The molecule has 3 aromatic rings. The lowest BCUT2D eigenvalue weighted by atomic mass is 10.1. The van der Waals surface area contributed by atoms with E-state index < -0.39 is 17.3 Å². The number of carbonyl (C=O) groups excluding carboxylic acids is 1. The van der Waals surface area contributed by atoms with E-state index in [1.54, 1.807) is 30.6 Å². The quantitative estimate of drug-likeness (QED) is 0.489. The van der Waals surface area contributed by atoms with E-state index in [0.717, 1.165) is 5.39 Å². The van der Waals surface area contributed by atoms with Crippen LogP contribution in [0.25, 0.3) is 17.1 Å². The van der Waals surface area contributed by atoms with Gasteiger partial charge in [-0.2, -0.15) is 0 Å². The molecule has 4 heterocycles. The number of pyridine rings is 2. The maximum Gasteiger partial charge on any atom is 0.345 e. The van der Waals surface area contributed by atoms with Crippen molar-refractivity contribution in [2.24, 2.45) is 0 Å². The summed E-state index contributed by atoms with van der Waals surface area (Å²) in [6, 6.07) is 6.87. The zero-order chi connectivity index (χ0) is 18.1. The van der Waals surface area contributed by atoms with E-state index in [1.165, 1.54) is 18.5 Å². The third kappa shape index (κ3) is 2.69. The molecular formula is C18H12N4O4. The van der Waals surface area contributed by atoms with E-state index in [1.807, 2.05) is 6.07 Å². The first-order valence-corrected chi connectivity index (χ1v) is 7.64. The van der Waals surface area contributed by atoms with Crippen molar-refractivity contribution >= 4 is 34.5 Å². The average Bonchev–Trinajstić information content (AvgIpc) is 3.18. The van der Waals surface area contributed by atoms with Crippen LogP contribution in [0.15, 0.2) is 66.3 Å². The van der Waals surface area contributed by atoms with Gasteiger partial charge in [0.2, 0.25) is 11.7 Å². The number of Topliss-reactive ketones (excluding diaryl/α,β-unsaturated/α-hetero) is 1. The second-order valence-corrected chi connectivity index (χ2v) is 5.45. The largest absolute Gasteiger partial charge is 0.477 e. The molecule has 0 unspecified atom stereocenters. The van der Waals surface area contributed by atoms with Gasteiger partial charge in [0.15, 0.2) is 11.3 Å². The number of fused-ring (bicyclic) bond motifs is 1. The number of H-pyrrole nitrogens is 1. The summed E-state index contributed by atoms with van der Waals surface area (Å²) in [5, 5.41) is 13.0. The van der Waals surface area contributed by atoms with Crippen molar-refractivity contribution in [2.75, 3.05) is 5.32 Å². The topological polar surface area (TPSA) is 117 Å². The molecule has 3 N–H and O–H groups in total. The van der Waals surface area contributed by atoms with Crippen LogP contribution in [0.3, 0.4) is 0 Å². The SMILES string of the molecule is O=C(O)C1=C(Nc2ccncc2)OC(=Cc2c[nH]c3ncccc23)C1=O. The van der Waals surface area contributed by atoms with Crippen LogP contribution >= 0.6 is 0 Å². The highest BCUT2D eigenvalue weighted by molar-refractivity contribution is 6.26. The average molecular weight is 348 g/mol. The summed E-state index contributed by atoms with van der Waals surface area (Å²) < 4.78 is 5.52. The molecule has 0 aromatic carbocycles. The van der Waals surface area contributed by atoms with Gasteiger partial charge in [-0.05, 0) is 30.3 Å². The monoisotopic (exact) mass is 348 g/mol. The van der Waals surface area contributed by atoms with E-state index >= 15 is 0 Å². The lowest BCUT2D eigenvalue weighted by Gasteiger charge is -2.07. The van der Waals surface area contributed by atoms with Gasteiger partial charge in [-0.3, -0.25) is 9.78 Å². The Balaban J connectivity index is 1.70. The molecular weight excluding hydrogens is 336 g/mol. The summed E-state index contributed by atoms with van der Waals surface area (Å²) >= 11 is 0. The smallest absolute Gasteiger partial charge is 0.345 e. The van der Waals surface area contributed by atoms with Gasteiger partial charge in [0.25, 0.3) is 0 Å². The Bertz CT molecular complexity index is 1080. The third-order valence-electron chi connectivity index (χ3n) is 3.81. The van der Waals surface area contributed by atoms with Crippen molar-refractivity contribution < 1.29 is 19.4 Å². The Labute approximate surface area is 146 Å². The normalized spacial score (nSPS) is 15.5. The predicted octanol–water partition coefficient (Wildman–Crippen LogP) is 2.31. The van der Waals surface area contributed by atoms with Crippen LogP contribution in [-0.4, -0.2) is 31.8 Å². The minimum Gasteiger partial charge on any atom is -0.477 e. The molecule has 0 aliphatic carbocycles. The summed E-state index contributed by atoms with van der Waals surface area (Å²) in [4.78, 5) is 35.1. The highest BCUT2D eigenvalue weighted by Gasteiger charge is 2.36. The van der Waals surface area contributed by atoms with Gasteiger partial charge < -0.3 is 20.1 Å². The number of carboxylic acids is 1. The van der Waals surface area contributed by atoms with E-state index in [4.69, 9.17) is 4.74 Å². The first-order valence-electron chi connectivity index (χ1n) is 7.64. The number of anilines is 1. The molecule has 3 aromatic heterocycles. The number of aromatic nitrogens is 3. The number of hydrogen-bond acceptors (Lipinski definition) is 6. The highest BCUT2D eigenvalue weighted by atomic mass is 16.5. The van der Waals surface area contributed by atoms with Crippen molar-refractivity contribution in [3.63, 3.8) is 0 Å². The molecule has 0 fully saturated rings. The summed E-state index contributed by atoms with van der Waals surface area (Å²) in [7, 11) is 0. The Kier molecular flexibility index (Phi) is 3.70. The Hall–Kier alpha value is -3.94. The predicted molar refractivity (Wildman–Crippen MR) is 92.7 cm³/mol. The van der Waals surface area contributed by atoms with Gasteiger partial charge in [0.1, 0.15) is 5.65 Å². The fourth-order valence-corrected chi connectivity index (χ4v) is 2.62. The molecule has 8 heteroatoms. The molecule has 1 aliphatic rings. The van der Waals surface area contributed by atoms with E-state index in [-0.39, 0.29) is 11.6 Å². The summed E-state index contributed by atoms with van der Waals surface area (Å²) in [6.45, 7) is 0. The Morgan fingerprint density at radius 3 is 2.81 bits per heavy atom. The minimum absolute atomic E-state index is 0.0799. The molecule has 0 saturated heterocycles. The highest BCUT2D eigenvalue weighted by Crippen LogP contribution is 2.29. The van der Waals surface area contributed by atoms with Crippen molar-refractivity contribution in [1.82, 2.24) is 15.0 Å². The van der Waals surface area contributed by atoms with E-state index in [0.29, 0.717) is 16.9 Å². The number of allylic oxidation sites excluding steroid dienone is 1. The number of hydrogen-bond donors (Lipinski definition) is 3. The number of aliphatic carboxylic acids is 1. The van der Waals surface area contributed by atoms with Crippen LogP contribution in [0, 0.1) is 0 Å². The zero-order valence-corrected chi connectivity index (χ0v) is 13.3. The second kappa shape index (κ2) is 6.17. The first-order chi connectivity index (χ1) is 12.6. The van der Waals surface area contributed by atoms with Gasteiger partial charge >= 0.3 is 5.97 Å². The molecule has 26 heavy (non-hydrogen) atoms. The lowest BCUT2D eigenvalue weighted by Crippen LogP contribution is -2.12. The zero-order valence-electron chi connectivity index (χ0n) is 13.3. The third-order valence-corrected chi connectivity index (χ3v) is 3.81.